The van der Waals surface area contributed by atoms with Crippen LogP contribution in [0, 0.1) is 0 Å². The first kappa shape index (κ1) is 12.4. The molecular weight excluding hydrogens is 278 g/mol. The number of aromatic nitrogens is 1. The van der Waals surface area contributed by atoms with E-state index in [1.54, 1.807) is 18.4 Å². The zero-order valence-corrected chi connectivity index (χ0v) is 12.4. The number of pyridine rings is 1. The number of ether oxygens (including phenoxy) is 1. The highest BCUT2D eigenvalue weighted by molar-refractivity contribution is 7.17. The van der Waals surface area contributed by atoms with Gasteiger partial charge in [-0.2, -0.15) is 0 Å². The third-order valence-electron chi connectivity index (χ3n) is 3.67. The van der Waals surface area contributed by atoms with Gasteiger partial charge in [0, 0.05) is 16.3 Å². The Labute approximate surface area is 126 Å². The van der Waals surface area contributed by atoms with Crippen LogP contribution in [0.1, 0.15) is 0 Å². The van der Waals surface area contributed by atoms with Crippen LogP contribution in [0.2, 0.25) is 0 Å². The lowest BCUT2D eigenvalue weighted by atomic mass is 10.1. The lowest BCUT2D eigenvalue weighted by Crippen LogP contribution is -1.87. The molecule has 0 unspecified atom stereocenters. The van der Waals surface area contributed by atoms with E-state index in [1.807, 2.05) is 18.2 Å². The van der Waals surface area contributed by atoms with E-state index in [2.05, 4.69) is 41.8 Å². The van der Waals surface area contributed by atoms with Gasteiger partial charge in [0.1, 0.15) is 5.75 Å². The highest BCUT2D eigenvalue weighted by atomic mass is 32.1. The minimum Gasteiger partial charge on any atom is -0.497 e. The second-order valence-corrected chi connectivity index (χ2v) is 5.79. The fourth-order valence-electron chi connectivity index (χ4n) is 2.62. The molecule has 4 rings (SSSR count). The van der Waals surface area contributed by atoms with Gasteiger partial charge < -0.3 is 4.74 Å². The van der Waals surface area contributed by atoms with E-state index >= 15 is 0 Å². The van der Waals surface area contributed by atoms with Crippen LogP contribution in [0.25, 0.3) is 32.2 Å². The summed E-state index contributed by atoms with van der Waals surface area (Å²) in [5, 5.41) is 4.62. The largest absolute Gasteiger partial charge is 0.497 e. The van der Waals surface area contributed by atoms with Crippen LogP contribution < -0.4 is 4.74 Å². The minimum absolute atomic E-state index is 0.863. The summed E-state index contributed by atoms with van der Waals surface area (Å²) in [5.41, 5.74) is 3.20. The Morgan fingerprint density at radius 1 is 0.905 bits per heavy atom. The normalized spacial score (nSPS) is 11.1. The van der Waals surface area contributed by atoms with Gasteiger partial charge in [0.05, 0.1) is 23.0 Å². The predicted octanol–water partition coefficient (Wildman–Crippen LogP) is 5.13. The molecule has 0 aliphatic carbocycles. The summed E-state index contributed by atoms with van der Waals surface area (Å²) in [4.78, 5) is 4.87. The first-order valence-corrected chi connectivity index (χ1v) is 7.65. The number of thiophene rings is 1. The van der Waals surface area contributed by atoms with Crippen LogP contribution in [0.4, 0.5) is 0 Å². The lowest BCUT2D eigenvalue weighted by molar-refractivity contribution is 0.415. The highest BCUT2D eigenvalue weighted by Gasteiger charge is 2.11. The van der Waals surface area contributed by atoms with Crippen LogP contribution in [0.5, 0.6) is 5.75 Å². The monoisotopic (exact) mass is 291 g/mol. The molecule has 2 aromatic carbocycles. The number of benzene rings is 2. The summed E-state index contributed by atoms with van der Waals surface area (Å²) in [6, 6.07) is 18.6. The van der Waals surface area contributed by atoms with Crippen molar-refractivity contribution in [2.75, 3.05) is 7.11 Å². The first-order valence-electron chi connectivity index (χ1n) is 6.77. The topological polar surface area (TPSA) is 22.1 Å². The molecule has 0 bridgehead atoms. The third kappa shape index (κ3) is 1.98. The molecule has 4 aromatic rings. The quantitative estimate of drug-likeness (QED) is 0.511. The average Bonchev–Trinajstić information content (AvgIpc) is 3.04. The van der Waals surface area contributed by atoms with Crippen LogP contribution in [-0.2, 0) is 0 Å². The molecule has 0 saturated heterocycles. The Balaban J connectivity index is 2.03. The Hall–Kier alpha value is -2.39. The molecule has 0 aliphatic heterocycles. The Kier molecular flexibility index (Phi) is 2.86. The number of nitrogens with zero attached hydrogens (tertiary/aromatic N) is 1. The van der Waals surface area contributed by atoms with Gasteiger partial charge in [0.25, 0.3) is 0 Å². The Morgan fingerprint density at radius 2 is 1.71 bits per heavy atom. The van der Waals surface area contributed by atoms with E-state index < -0.39 is 0 Å². The van der Waals surface area contributed by atoms with Crippen LogP contribution in [-0.4, -0.2) is 12.1 Å². The van der Waals surface area contributed by atoms with Crippen molar-refractivity contribution in [3.05, 3.63) is 60.0 Å². The van der Waals surface area contributed by atoms with Crippen molar-refractivity contribution in [2.45, 2.75) is 0 Å². The minimum atomic E-state index is 0.863. The number of methoxy groups -OCH3 is 1. The van der Waals surface area contributed by atoms with Gasteiger partial charge in [-0.15, -0.1) is 11.3 Å². The maximum Gasteiger partial charge on any atom is 0.118 e. The summed E-state index contributed by atoms with van der Waals surface area (Å²) in [6.45, 7) is 0. The maximum absolute atomic E-state index is 5.23. The molecule has 0 aliphatic rings. The molecule has 2 heterocycles. The fraction of sp³-hybridized carbons (Fsp3) is 0.0556. The maximum atomic E-state index is 5.23. The molecule has 0 radical (unpaired) electrons. The van der Waals surface area contributed by atoms with E-state index in [4.69, 9.17) is 9.72 Å². The second kappa shape index (κ2) is 4.86. The molecule has 0 atom stereocenters. The number of para-hydroxylation sites is 1. The van der Waals surface area contributed by atoms with Gasteiger partial charge in [0.2, 0.25) is 0 Å². The van der Waals surface area contributed by atoms with Gasteiger partial charge in [-0.25, -0.2) is 4.98 Å². The van der Waals surface area contributed by atoms with Gasteiger partial charge in [-0.3, -0.25) is 0 Å². The van der Waals surface area contributed by atoms with Crippen molar-refractivity contribution in [2.24, 2.45) is 0 Å². The van der Waals surface area contributed by atoms with E-state index in [9.17, 15) is 0 Å². The van der Waals surface area contributed by atoms with E-state index in [0.717, 1.165) is 22.5 Å². The van der Waals surface area contributed by atoms with Crippen LogP contribution in [0.15, 0.2) is 60.0 Å². The van der Waals surface area contributed by atoms with Crippen molar-refractivity contribution in [1.82, 2.24) is 4.98 Å². The summed E-state index contributed by atoms with van der Waals surface area (Å²) >= 11 is 1.74. The van der Waals surface area contributed by atoms with Gasteiger partial charge in [-0.1, -0.05) is 18.2 Å². The molecule has 0 saturated carbocycles. The first-order chi connectivity index (χ1) is 10.4. The van der Waals surface area contributed by atoms with Crippen molar-refractivity contribution in [3.8, 4) is 17.0 Å². The molecule has 0 amide bonds. The standard InChI is InChI=1S/C18H13NOS/c1-20-13-8-6-12(7-9-13)17-18-15(10-11-21-18)14-4-2-3-5-16(14)19-17/h2-11H,1H3. The summed E-state index contributed by atoms with van der Waals surface area (Å²) < 4.78 is 6.47. The van der Waals surface area contributed by atoms with Gasteiger partial charge in [-0.05, 0) is 41.8 Å². The molecular formula is C18H13NOS. The smallest absolute Gasteiger partial charge is 0.118 e. The average molecular weight is 291 g/mol. The van der Waals surface area contributed by atoms with Crippen molar-refractivity contribution >= 4 is 32.3 Å². The lowest BCUT2D eigenvalue weighted by Gasteiger charge is -2.07. The SMILES string of the molecule is COc1ccc(-c2nc3ccccc3c3ccsc23)cc1. The number of rotatable bonds is 2. The van der Waals surface area contributed by atoms with Crippen LogP contribution in [0.3, 0.4) is 0 Å². The molecule has 21 heavy (non-hydrogen) atoms. The molecule has 2 aromatic heterocycles. The number of fused-ring (bicyclic) bond motifs is 3. The van der Waals surface area contributed by atoms with E-state index in [0.29, 0.717) is 0 Å². The predicted molar refractivity (Wildman–Crippen MR) is 89.1 cm³/mol. The zero-order valence-electron chi connectivity index (χ0n) is 11.5. The van der Waals surface area contributed by atoms with E-state index in [-0.39, 0.29) is 0 Å². The fourth-order valence-corrected chi connectivity index (χ4v) is 3.54. The summed E-state index contributed by atoms with van der Waals surface area (Å²) in [7, 11) is 1.68. The summed E-state index contributed by atoms with van der Waals surface area (Å²) in [5.74, 6) is 0.863. The second-order valence-electron chi connectivity index (χ2n) is 4.87. The summed E-state index contributed by atoms with van der Waals surface area (Å²) in [6.07, 6.45) is 0. The van der Waals surface area contributed by atoms with Crippen LogP contribution >= 0.6 is 11.3 Å². The third-order valence-corrected chi connectivity index (χ3v) is 4.59. The molecule has 102 valence electrons. The Morgan fingerprint density at radius 3 is 2.52 bits per heavy atom. The van der Waals surface area contributed by atoms with Crippen molar-refractivity contribution in [3.63, 3.8) is 0 Å². The van der Waals surface area contributed by atoms with Crippen molar-refractivity contribution in [1.29, 1.82) is 0 Å². The highest BCUT2D eigenvalue weighted by Crippen LogP contribution is 2.36. The van der Waals surface area contributed by atoms with Crippen molar-refractivity contribution < 1.29 is 4.74 Å². The molecule has 2 nitrogen and oxygen atoms in total. The molecule has 3 heteroatoms. The molecule has 0 fully saturated rings. The molecule has 0 spiro atoms. The number of hydrogen-bond acceptors (Lipinski definition) is 3. The molecule has 0 N–H and O–H groups in total. The Bertz CT molecular complexity index is 925. The van der Waals surface area contributed by atoms with E-state index in [1.165, 1.54) is 15.5 Å². The van der Waals surface area contributed by atoms with Gasteiger partial charge >= 0.3 is 0 Å². The number of hydrogen-bond donors (Lipinski definition) is 0. The zero-order chi connectivity index (χ0) is 14.2. The van der Waals surface area contributed by atoms with Gasteiger partial charge in [0.15, 0.2) is 0 Å².